The lowest BCUT2D eigenvalue weighted by Crippen LogP contribution is -2.53. The Morgan fingerprint density at radius 1 is 1.26 bits per heavy atom. The van der Waals surface area contributed by atoms with E-state index >= 15 is 0 Å². The Hall–Kier alpha value is -1.99. The SMILES string of the molecule is CCCn1cc(CN2[C@H]3CC[C@H]2CC(O)(Cn2nc(C)ccc2=O)C3)cn1. The molecule has 2 saturated heterocycles. The molecule has 4 rings (SSSR count). The first-order valence-electron chi connectivity index (χ1n) is 10.00. The van der Waals surface area contributed by atoms with E-state index in [1.165, 1.54) is 16.3 Å². The molecule has 0 aromatic carbocycles. The molecule has 2 bridgehead atoms. The van der Waals surface area contributed by atoms with Crippen molar-refractivity contribution in [2.75, 3.05) is 0 Å². The highest BCUT2D eigenvalue weighted by Crippen LogP contribution is 2.42. The summed E-state index contributed by atoms with van der Waals surface area (Å²) in [4.78, 5) is 14.6. The van der Waals surface area contributed by atoms with Gasteiger partial charge < -0.3 is 5.11 Å². The van der Waals surface area contributed by atoms with E-state index in [4.69, 9.17) is 0 Å². The maximum atomic E-state index is 12.1. The Labute approximate surface area is 159 Å². The zero-order valence-corrected chi connectivity index (χ0v) is 16.2. The van der Waals surface area contributed by atoms with Gasteiger partial charge in [0.2, 0.25) is 0 Å². The highest BCUT2D eigenvalue weighted by Gasteiger charge is 2.47. The molecular formula is C20H29N5O2. The summed E-state index contributed by atoms with van der Waals surface area (Å²) < 4.78 is 3.44. The largest absolute Gasteiger partial charge is 0.388 e. The topological polar surface area (TPSA) is 76.2 Å². The fourth-order valence-electron chi connectivity index (χ4n) is 4.79. The number of rotatable bonds is 6. The van der Waals surface area contributed by atoms with Gasteiger partial charge in [0.15, 0.2) is 0 Å². The van der Waals surface area contributed by atoms with Gasteiger partial charge in [0.25, 0.3) is 5.56 Å². The van der Waals surface area contributed by atoms with E-state index in [1.807, 2.05) is 17.8 Å². The van der Waals surface area contributed by atoms with Crippen LogP contribution < -0.4 is 5.56 Å². The van der Waals surface area contributed by atoms with E-state index in [0.29, 0.717) is 24.9 Å². The van der Waals surface area contributed by atoms with Gasteiger partial charge in [0.05, 0.1) is 24.0 Å². The number of nitrogens with zero attached hydrogens (tertiary/aromatic N) is 5. The van der Waals surface area contributed by atoms with Crippen LogP contribution in [0.3, 0.4) is 0 Å². The predicted molar refractivity (Wildman–Crippen MR) is 102 cm³/mol. The average Bonchev–Trinajstić information content (AvgIpc) is 3.15. The second kappa shape index (κ2) is 7.20. The van der Waals surface area contributed by atoms with Crippen LogP contribution in [0.25, 0.3) is 0 Å². The van der Waals surface area contributed by atoms with Crippen molar-refractivity contribution < 1.29 is 5.11 Å². The lowest BCUT2D eigenvalue weighted by Gasteiger charge is -2.43. The third-order valence-electron chi connectivity index (χ3n) is 5.95. The zero-order valence-electron chi connectivity index (χ0n) is 16.2. The first-order chi connectivity index (χ1) is 13.0. The van der Waals surface area contributed by atoms with Crippen LogP contribution in [0.2, 0.25) is 0 Å². The number of piperidine rings is 1. The van der Waals surface area contributed by atoms with Gasteiger partial charge >= 0.3 is 0 Å². The first kappa shape index (κ1) is 18.4. The summed E-state index contributed by atoms with van der Waals surface area (Å²) in [6.07, 6.45) is 8.77. The molecule has 2 aromatic rings. The Balaban J connectivity index is 1.46. The van der Waals surface area contributed by atoms with E-state index in [9.17, 15) is 9.90 Å². The van der Waals surface area contributed by atoms with E-state index < -0.39 is 5.60 Å². The van der Waals surface area contributed by atoms with E-state index in [2.05, 4.69) is 28.2 Å². The third kappa shape index (κ3) is 3.84. The zero-order chi connectivity index (χ0) is 19.0. The normalized spacial score (nSPS) is 28.0. The van der Waals surface area contributed by atoms with Gasteiger partial charge in [-0.1, -0.05) is 6.92 Å². The van der Waals surface area contributed by atoms with Gasteiger partial charge in [-0.2, -0.15) is 10.2 Å². The lowest BCUT2D eigenvalue weighted by molar-refractivity contribution is -0.0677. The van der Waals surface area contributed by atoms with Gasteiger partial charge in [-0.3, -0.25) is 14.4 Å². The van der Waals surface area contributed by atoms with Crippen molar-refractivity contribution in [2.24, 2.45) is 0 Å². The fraction of sp³-hybridized carbons (Fsp3) is 0.650. The van der Waals surface area contributed by atoms with Crippen LogP contribution in [0.4, 0.5) is 0 Å². The molecule has 1 N–H and O–H groups in total. The molecule has 0 aliphatic carbocycles. The van der Waals surface area contributed by atoms with E-state index in [1.54, 1.807) is 6.07 Å². The van der Waals surface area contributed by atoms with Crippen LogP contribution in [0, 0.1) is 6.92 Å². The van der Waals surface area contributed by atoms with Crippen molar-refractivity contribution >= 4 is 0 Å². The predicted octanol–water partition coefficient (Wildman–Crippen LogP) is 1.72. The summed E-state index contributed by atoms with van der Waals surface area (Å²) in [7, 11) is 0. The van der Waals surface area contributed by atoms with Gasteiger partial charge in [-0.15, -0.1) is 0 Å². The third-order valence-corrected chi connectivity index (χ3v) is 5.95. The molecule has 2 aliphatic rings. The number of aromatic nitrogens is 4. The maximum Gasteiger partial charge on any atom is 0.266 e. The highest BCUT2D eigenvalue weighted by molar-refractivity contribution is 5.09. The summed E-state index contributed by atoms with van der Waals surface area (Å²) in [5, 5.41) is 20.0. The molecule has 27 heavy (non-hydrogen) atoms. The van der Waals surface area contributed by atoms with Crippen molar-refractivity contribution in [1.82, 2.24) is 24.5 Å². The molecule has 0 amide bonds. The monoisotopic (exact) mass is 371 g/mol. The minimum atomic E-state index is -0.862. The van der Waals surface area contributed by atoms with E-state index in [-0.39, 0.29) is 12.1 Å². The molecule has 7 nitrogen and oxygen atoms in total. The van der Waals surface area contributed by atoms with Crippen LogP contribution in [-0.4, -0.2) is 47.3 Å². The lowest BCUT2D eigenvalue weighted by atomic mass is 9.85. The average molecular weight is 371 g/mol. The molecule has 7 heteroatoms. The molecule has 0 radical (unpaired) electrons. The highest BCUT2D eigenvalue weighted by atomic mass is 16.3. The molecule has 0 saturated carbocycles. The molecule has 2 atom stereocenters. The summed E-state index contributed by atoms with van der Waals surface area (Å²) >= 11 is 0. The van der Waals surface area contributed by atoms with Crippen molar-refractivity contribution in [3.8, 4) is 0 Å². The summed E-state index contributed by atoms with van der Waals surface area (Å²) in [6, 6.07) is 3.95. The molecule has 0 spiro atoms. The van der Waals surface area contributed by atoms with Gasteiger partial charge in [0, 0.05) is 43.0 Å². The molecule has 4 heterocycles. The first-order valence-corrected chi connectivity index (χ1v) is 10.00. The van der Waals surface area contributed by atoms with Gasteiger partial charge in [-0.25, -0.2) is 4.68 Å². The van der Waals surface area contributed by atoms with Crippen molar-refractivity contribution in [3.05, 3.63) is 46.1 Å². The summed E-state index contributed by atoms with van der Waals surface area (Å²) in [5.41, 5.74) is 1.02. The number of hydrogen-bond donors (Lipinski definition) is 1. The maximum absolute atomic E-state index is 12.1. The van der Waals surface area contributed by atoms with E-state index in [0.717, 1.165) is 38.0 Å². The minimum Gasteiger partial charge on any atom is -0.388 e. The smallest absolute Gasteiger partial charge is 0.266 e. The Kier molecular flexibility index (Phi) is 4.90. The number of aliphatic hydroxyl groups is 1. The molecular weight excluding hydrogens is 342 g/mol. The number of aryl methyl sites for hydroxylation is 2. The van der Waals surface area contributed by atoms with Gasteiger partial charge in [0.1, 0.15) is 0 Å². The molecule has 0 unspecified atom stereocenters. The van der Waals surface area contributed by atoms with Crippen LogP contribution in [0.5, 0.6) is 0 Å². The standard InChI is InChI=1S/C20H29N5O2/c1-3-8-23-12-16(11-21-23)13-24-17-5-6-18(24)10-20(27,9-17)14-25-19(26)7-4-15(2)22-25/h4,7,11-12,17-18,27H,3,5-6,8-10,13-14H2,1-2H3/t17-,18-/m0/s1. The quantitative estimate of drug-likeness (QED) is 0.837. The Bertz CT molecular complexity index is 844. The Morgan fingerprint density at radius 3 is 2.70 bits per heavy atom. The van der Waals surface area contributed by atoms with Gasteiger partial charge in [-0.05, 0) is 45.1 Å². The summed E-state index contributed by atoms with van der Waals surface area (Å²) in [5.74, 6) is 0. The number of hydrogen-bond acceptors (Lipinski definition) is 5. The minimum absolute atomic E-state index is 0.146. The summed E-state index contributed by atoms with van der Waals surface area (Å²) in [6.45, 7) is 6.14. The van der Waals surface area contributed by atoms with Crippen LogP contribution in [0.1, 0.15) is 50.3 Å². The fourth-order valence-corrected chi connectivity index (χ4v) is 4.79. The van der Waals surface area contributed by atoms with Crippen molar-refractivity contribution in [3.63, 3.8) is 0 Å². The van der Waals surface area contributed by atoms with Crippen molar-refractivity contribution in [2.45, 2.75) is 83.3 Å². The molecule has 2 fully saturated rings. The van der Waals surface area contributed by atoms with Crippen LogP contribution in [0.15, 0.2) is 29.3 Å². The van der Waals surface area contributed by atoms with Crippen LogP contribution in [-0.2, 0) is 19.6 Å². The molecule has 2 aliphatic heterocycles. The van der Waals surface area contributed by atoms with Crippen LogP contribution >= 0.6 is 0 Å². The molecule has 2 aromatic heterocycles. The molecule has 146 valence electrons. The second-order valence-electron chi connectivity index (χ2n) is 8.27. The Morgan fingerprint density at radius 2 is 2.00 bits per heavy atom. The number of fused-ring (bicyclic) bond motifs is 2. The van der Waals surface area contributed by atoms with Crippen molar-refractivity contribution in [1.29, 1.82) is 0 Å². The second-order valence-corrected chi connectivity index (χ2v) is 8.27.